The molecule has 19 heavy (non-hydrogen) atoms. The maximum absolute atomic E-state index is 11.0. The molecular weight excluding hydrogens is 240 g/mol. The van der Waals surface area contributed by atoms with E-state index < -0.39 is 5.97 Å². The van der Waals surface area contributed by atoms with Gasteiger partial charge in [-0.25, -0.2) is 0 Å². The molecule has 1 radical (unpaired) electrons. The molecular formula is C16H15O3. The standard InChI is InChI=1S/C16H15O3/c1-11-7-6-10-14(12(11)2)19-16-9-5-4-8-15(16)18-13(3)17/h4-7,9-10H,1-3H3. The molecule has 0 aromatic heterocycles. The maximum Gasteiger partial charge on any atom is 0.308 e. The van der Waals surface area contributed by atoms with Gasteiger partial charge in [0.25, 0.3) is 0 Å². The van der Waals surface area contributed by atoms with Crippen LogP contribution >= 0.6 is 0 Å². The van der Waals surface area contributed by atoms with Crippen LogP contribution < -0.4 is 9.47 Å². The highest BCUT2D eigenvalue weighted by molar-refractivity contribution is 5.70. The largest absolute Gasteiger partial charge is 0.453 e. The van der Waals surface area contributed by atoms with Crippen molar-refractivity contribution in [2.45, 2.75) is 20.8 Å². The van der Waals surface area contributed by atoms with Crippen molar-refractivity contribution >= 4 is 5.97 Å². The second kappa shape index (κ2) is 5.57. The third-order valence-electron chi connectivity index (χ3n) is 2.80. The Labute approximate surface area is 112 Å². The van der Waals surface area contributed by atoms with E-state index in [0.29, 0.717) is 11.5 Å². The summed E-state index contributed by atoms with van der Waals surface area (Å²) in [6, 6.07) is 13.9. The Morgan fingerprint density at radius 2 is 1.84 bits per heavy atom. The fraction of sp³-hybridized carbons (Fsp3) is 0.188. The van der Waals surface area contributed by atoms with Crippen molar-refractivity contribution in [1.29, 1.82) is 0 Å². The van der Waals surface area contributed by atoms with Gasteiger partial charge in [-0.2, -0.15) is 0 Å². The molecule has 2 rings (SSSR count). The minimum atomic E-state index is -0.395. The van der Waals surface area contributed by atoms with Crippen LogP contribution in [0.15, 0.2) is 36.4 Å². The van der Waals surface area contributed by atoms with E-state index >= 15 is 0 Å². The Kier molecular flexibility index (Phi) is 3.85. The summed E-state index contributed by atoms with van der Waals surface area (Å²) in [7, 11) is 0. The summed E-state index contributed by atoms with van der Waals surface area (Å²) in [6.45, 7) is 5.36. The molecule has 3 heteroatoms. The Morgan fingerprint density at radius 3 is 2.58 bits per heavy atom. The Bertz CT molecular complexity index is 603. The first kappa shape index (κ1) is 13.1. The number of hydrogen-bond donors (Lipinski definition) is 0. The molecule has 0 aliphatic carbocycles. The summed E-state index contributed by atoms with van der Waals surface area (Å²) in [5.74, 6) is 1.13. The Hall–Kier alpha value is -2.29. The first-order valence-corrected chi connectivity index (χ1v) is 6.01. The van der Waals surface area contributed by atoms with Crippen LogP contribution in [0, 0.1) is 19.9 Å². The molecule has 0 fully saturated rings. The third kappa shape index (κ3) is 3.13. The molecule has 0 N–H and O–H groups in total. The number of aryl methyl sites for hydroxylation is 1. The monoisotopic (exact) mass is 255 g/mol. The summed E-state index contributed by atoms with van der Waals surface area (Å²) < 4.78 is 10.9. The van der Waals surface area contributed by atoms with Crippen LogP contribution in [-0.4, -0.2) is 5.97 Å². The second-order valence-corrected chi connectivity index (χ2v) is 4.26. The van der Waals surface area contributed by atoms with E-state index in [9.17, 15) is 4.79 Å². The molecule has 2 aromatic carbocycles. The minimum absolute atomic E-state index is 0.302. The van der Waals surface area contributed by atoms with E-state index in [0.717, 1.165) is 16.9 Å². The molecule has 0 atom stereocenters. The zero-order chi connectivity index (χ0) is 13.8. The SMILES string of the molecule is CC(=O)Oc1[c]cccc1Oc1cccc(C)c1C. The van der Waals surface area contributed by atoms with Crippen LogP contribution in [0.4, 0.5) is 0 Å². The summed E-state index contributed by atoms with van der Waals surface area (Å²) in [4.78, 5) is 11.0. The molecule has 2 aromatic rings. The van der Waals surface area contributed by atoms with E-state index in [2.05, 4.69) is 6.07 Å². The van der Waals surface area contributed by atoms with Crippen molar-refractivity contribution in [2.75, 3.05) is 0 Å². The number of carbonyl (C=O) groups is 1. The first-order valence-electron chi connectivity index (χ1n) is 6.01. The van der Waals surface area contributed by atoms with Crippen molar-refractivity contribution in [2.24, 2.45) is 0 Å². The van der Waals surface area contributed by atoms with Gasteiger partial charge >= 0.3 is 5.97 Å². The van der Waals surface area contributed by atoms with E-state index in [1.54, 1.807) is 18.2 Å². The van der Waals surface area contributed by atoms with Gasteiger partial charge < -0.3 is 9.47 Å². The molecule has 0 heterocycles. The summed E-state index contributed by atoms with van der Waals surface area (Å²) >= 11 is 0. The van der Waals surface area contributed by atoms with E-state index in [4.69, 9.17) is 9.47 Å². The topological polar surface area (TPSA) is 35.5 Å². The lowest BCUT2D eigenvalue weighted by atomic mass is 10.1. The lowest BCUT2D eigenvalue weighted by Gasteiger charge is -2.12. The second-order valence-electron chi connectivity index (χ2n) is 4.26. The molecule has 97 valence electrons. The number of ether oxygens (including phenoxy) is 2. The number of rotatable bonds is 3. The van der Waals surface area contributed by atoms with Crippen LogP contribution in [-0.2, 0) is 4.79 Å². The van der Waals surface area contributed by atoms with Gasteiger partial charge in [-0.05, 0) is 37.1 Å². The summed E-state index contributed by atoms with van der Waals surface area (Å²) in [5, 5.41) is 0. The number of carbonyl (C=O) groups excluding carboxylic acids is 1. The first-order chi connectivity index (χ1) is 9.08. The minimum Gasteiger partial charge on any atom is -0.453 e. The highest BCUT2D eigenvalue weighted by Gasteiger charge is 2.10. The van der Waals surface area contributed by atoms with Gasteiger partial charge in [0, 0.05) is 13.0 Å². The number of hydrogen-bond acceptors (Lipinski definition) is 3. The summed E-state index contributed by atoms with van der Waals surface area (Å²) in [6.07, 6.45) is 0. The molecule has 0 spiro atoms. The molecule has 0 bridgehead atoms. The number of benzene rings is 2. The van der Waals surface area contributed by atoms with Gasteiger partial charge in [-0.15, -0.1) is 0 Å². The van der Waals surface area contributed by atoms with Crippen LogP contribution in [0.25, 0.3) is 0 Å². The molecule has 0 saturated heterocycles. The fourth-order valence-electron chi connectivity index (χ4n) is 1.66. The van der Waals surface area contributed by atoms with Crippen LogP contribution in [0.3, 0.4) is 0 Å². The zero-order valence-corrected chi connectivity index (χ0v) is 11.2. The smallest absolute Gasteiger partial charge is 0.308 e. The van der Waals surface area contributed by atoms with Crippen molar-refractivity contribution in [1.82, 2.24) is 0 Å². The van der Waals surface area contributed by atoms with E-state index in [-0.39, 0.29) is 0 Å². The van der Waals surface area contributed by atoms with Gasteiger partial charge in [0.05, 0.1) is 0 Å². The van der Waals surface area contributed by atoms with Crippen molar-refractivity contribution < 1.29 is 14.3 Å². The normalized spacial score (nSPS) is 10.1. The maximum atomic E-state index is 11.0. The van der Waals surface area contributed by atoms with Gasteiger partial charge in [0.1, 0.15) is 5.75 Å². The average Bonchev–Trinajstić information content (AvgIpc) is 2.36. The predicted octanol–water partition coefficient (Wildman–Crippen LogP) is 3.82. The van der Waals surface area contributed by atoms with Crippen LogP contribution in [0.5, 0.6) is 17.2 Å². The van der Waals surface area contributed by atoms with Crippen molar-refractivity contribution in [3.05, 3.63) is 53.6 Å². The fourth-order valence-corrected chi connectivity index (χ4v) is 1.66. The molecule has 0 amide bonds. The Morgan fingerprint density at radius 1 is 1.11 bits per heavy atom. The number of para-hydroxylation sites is 1. The molecule has 0 aliphatic rings. The zero-order valence-electron chi connectivity index (χ0n) is 11.2. The highest BCUT2D eigenvalue weighted by atomic mass is 16.6. The van der Waals surface area contributed by atoms with E-state index in [1.165, 1.54) is 6.92 Å². The molecule has 0 unspecified atom stereocenters. The van der Waals surface area contributed by atoms with Crippen molar-refractivity contribution in [3.63, 3.8) is 0 Å². The van der Waals surface area contributed by atoms with Gasteiger partial charge in [0.2, 0.25) is 0 Å². The van der Waals surface area contributed by atoms with Gasteiger partial charge in [-0.1, -0.05) is 24.3 Å². The molecule has 3 nitrogen and oxygen atoms in total. The average molecular weight is 255 g/mol. The lowest BCUT2D eigenvalue weighted by Crippen LogP contribution is -2.03. The van der Waals surface area contributed by atoms with Crippen molar-refractivity contribution in [3.8, 4) is 17.2 Å². The molecule has 0 aliphatic heterocycles. The van der Waals surface area contributed by atoms with Crippen LogP contribution in [0.2, 0.25) is 0 Å². The quantitative estimate of drug-likeness (QED) is 0.617. The highest BCUT2D eigenvalue weighted by Crippen LogP contribution is 2.33. The third-order valence-corrected chi connectivity index (χ3v) is 2.80. The number of esters is 1. The Balaban J connectivity index is 2.33. The molecule has 0 saturated carbocycles. The van der Waals surface area contributed by atoms with E-state index in [1.807, 2.05) is 32.0 Å². The van der Waals surface area contributed by atoms with Crippen LogP contribution in [0.1, 0.15) is 18.1 Å². The summed E-state index contributed by atoms with van der Waals surface area (Å²) in [5.41, 5.74) is 2.20. The predicted molar refractivity (Wildman–Crippen MR) is 72.6 cm³/mol. The lowest BCUT2D eigenvalue weighted by molar-refractivity contribution is -0.132. The van der Waals surface area contributed by atoms with Gasteiger partial charge in [0.15, 0.2) is 11.5 Å². The van der Waals surface area contributed by atoms with Gasteiger partial charge in [-0.3, -0.25) is 4.79 Å².